The number of rotatable bonds is 7. The van der Waals surface area contributed by atoms with Crippen LogP contribution in [0.2, 0.25) is 0 Å². The number of nitrogens with one attached hydrogen (secondary N) is 1. The molecule has 4 nitrogen and oxygen atoms in total. The van der Waals surface area contributed by atoms with Crippen LogP contribution >= 0.6 is 11.8 Å². The van der Waals surface area contributed by atoms with E-state index in [0.29, 0.717) is 17.7 Å². The van der Waals surface area contributed by atoms with Gasteiger partial charge in [-0.1, -0.05) is 36.4 Å². The van der Waals surface area contributed by atoms with Crippen molar-refractivity contribution in [3.8, 4) is 0 Å². The lowest BCUT2D eigenvalue weighted by Gasteiger charge is -2.07. The van der Waals surface area contributed by atoms with Gasteiger partial charge in [0, 0.05) is 23.6 Å². The molecule has 0 radical (unpaired) electrons. The number of carbonyl (C=O) groups excluding carboxylic acids is 2. The largest absolute Gasteiger partial charge is 0.465 e. The monoisotopic (exact) mass is 329 g/mol. The number of hydrogen-bond donors (Lipinski definition) is 1. The van der Waals surface area contributed by atoms with Gasteiger partial charge in [-0.15, -0.1) is 0 Å². The molecule has 0 heterocycles. The van der Waals surface area contributed by atoms with Crippen molar-refractivity contribution in [1.82, 2.24) is 0 Å². The molecule has 0 unspecified atom stereocenters. The average Bonchev–Trinajstić information content (AvgIpc) is 2.59. The molecule has 0 fully saturated rings. The highest BCUT2D eigenvalue weighted by Crippen LogP contribution is 2.15. The predicted molar refractivity (Wildman–Crippen MR) is 93.6 cm³/mol. The lowest BCUT2D eigenvalue weighted by Crippen LogP contribution is -2.13. The van der Waals surface area contributed by atoms with Gasteiger partial charge in [-0.3, -0.25) is 4.79 Å². The minimum Gasteiger partial charge on any atom is -0.465 e. The van der Waals surface area contributed by atoms with Crippen molar-refractivity contribution in [2.45, 2.75) is 12.2 Å². The molecule has 0 aliphatic heterocycles. The van der Waals surface area contributed by atoms with E-state index in [1.54, 1.807) is 36.0 Å². The van der Waals surface area contributed by atoms with Crippen molar-refractivity contribution in [1.29, 1.82) is 0 Å². The molecule has 2 rings (SSSR count). The van der Waals surface area contributed by atoms with Gasteiger partial charge in [-0.05, 0) is 23.8 Å². The van der Waals surface area contributed by atoms with Crippen LogP contribution in [-0.2, 0) is 15.3 Å². The van der Waals surface area contributed by atoms with Crippen LogP contribution in [-0.4, -0.2) is 24.7 Å². The van der Waals surface area contributed by atoms with Crippen molar-refractivity contribution in [3.05, 3.63) is 65.7 Å². The summed E-state index contributed by atoms with van der Waals surface area (Å²) in [5.41, 5.74) is 2.28. The molecular weight excluding hydrogens is 310 g/mol. The lowest BCUT2D eigenvalue weighted by atomic mass is 10.2. The molecule has 0 saturated heterocycles. The molecule has 23 heavy (non-hydrogen) atoms. The first kappa shape index (κ1) is 17.1. The van der Waals surface area contributed by atoms with Crippen molar-refractivity contribution in [2.75, 3.05) is 18.2 Å². The zero-order valence-corrected chi connectivity index (χ0v) is 13.8. The number of carbonyl (C=O) groups is 2. The maximum atomic E-state index is 11.9. The Bertz CT molecular complexity index is 658. The molecule has 0 spiro atoms. The number of amides is 1. The van der Waals surface area contributed by atoms with Crippen LogP contribution in [0.25, 0.3) is 0 Å². The van der Waals surface area contributed by atoms with Crippen LogP contribution in [0.15, 0.2) is 54.6 Å². The average molecular weight is 329 g/mol. The second kappa shape index (κ2) is 9.00. The van der Waals surface area contributed by atoms with Crippen LogP contribution in [0.3, 0.4) is 0 Å². The van der Waals surface area contributed by atoms with E-state index in [1.165, 1.54) is 12.7 Å². The normalized spacial score (nSPS) is 10.1. The molecular formula is C18H19NO3S. The van der Waals surface area contributed by atoms with E-state index in [2.05, 4.69) is 22.2 Å². The molecule has 0 aliphatic rings. The second-order valence-corrected chi connectivity index (χ2v) is 6.01. The van der Waals surface area contributed by atoms with Crippen molar-refractivity contribution < 1.29 is 14.3 Å². The molecule has 0 atom stereocenters. The summed E-state index contributed by atoms with van der Waals surface area (Å²) in [6.45, 7) is 0. The van der Waals surface area contributed by atoms with Crippen molar-refractivity contribution in [3.63, 3.8) is 0 Å². The van der Waals surface area contributed by atoms with Gasteiger partial charge in [-0.2, -0.15) is 11.8 Å². The Hall–Kier alpha value is -2.27. The van der Waals surface area contributed by atoms with Crippen LogP contribution in [0.4, 0.5) is 5.69 Å². The summed E-state index contributed by atoms with van der Waals surface area (Å²) in [5, 5.41) is 2.80. The fourth-order valence-corrected chi connectivity index (χ4v) is 2.90. The Morgan fingerprint density at radius 3 is 2.61 bits per heavy atom. The predicted octanol–water partition coefficient (Wildman–Crippen LogP) is 3.74. The Balaban J connectivity index is 1.75. The molecule has 2 aromatic rings. The van der Waals surface area contributed by atoms with Gasteiger partial charge in [-0.25, -0.2) is 4.79 Å². The van der Waals surface area contributed by atoms with E-state index in [0.717, 1.165) is 11.5 Å². The summed E-state index contributed by atoms with van der Waals surface area (Å²) in [6, 6.07) is 16.9. The van der Waals surface area contributed by atoms with E-state index in [4.69, 9.17) is 0 Å². The van der Waals surface area contributed by atoms with E-state index in [1.807, 2.05) is 18.2 Å². The second-order valence-electron chi connectivity index (χ2n) is 4.91. The fraction of sp³-hybridized carbons (Fsp3) is 0.222. The SMILES string of the molecule is COC(=O)c1cccc(NC(=O)CCSCc2ccccc2)c1. The summed E-state index contributed by atoms with van der Waals surface area (Å²) >= 11 is 1.72. The molecule has 0 aliphatic carbocycles. The van der Waals surface area contributed by atoms with Gasteiger partial charge >= 0.3 is 5.97 Å². The van der Waals surface area contributed by atoms with Crippen LogP contribution in [0.5, 0.6) is 0 Å². The standard InChI is InChI=1S/C18H19NO3S/c1-22-18(21)15-8-5-9-16(12-15)19-17(20)10-11-23-13-14-6-3-2-4-7-14/h2-9,12H,10-11,13H2,1H3,(H,19,20). The number of methoxy groups -OCH3 is 1. The highest BCUT2D eigenvalue weighted by atomic mass is 32.2. The first-order valence-electron chi connectivity index (χ1n) is 7.29. The summed E-state index contributed by atoms with van der Waals surface area (Å²) in [4.78, 5) is 23.4. The topological polar surface area (TPSA) is 55.4 Å². The number of ether oxygens (including phenoxy) is 1. The van der Waals surface area contributed by atoms with Crippen LogP contribution < -0.4 is 5.32 Å². The molecule has 5 heteroatoms. The highest BCUT2D eigenvalue weighted by molar-refractivity contribution is 7.98. The van der Waals surface area contributed by atoms with Gasteiger partial charge < -0.3 is 10.1 Å². The smallest absolute Gasteiger partial charge is 0.337 e. The van der Waals surface area contributed by atoms with Gasteiger partial charge in [0.25, 0.3) is 0 Å². The molecule has 2 aromatic carbocycles. The number of thioether (sulfide) groups is 1. The summed E-state index contributed by atoms with van der Waals surface area (Å²) in [5.74, 6) is 1.16. The first-order valence-corrected chi connectivity index (χ1v) is 8.44. The van der Waals surface area contributed by atoms with Gasteiger partial charge in [0.2, 0.25) is 5.91 Å². The van der Waals surface area contributed by atoms with Gasteiger partial charge in [0.15, 0.2) is 0 Å². The number of anilines is 1. The molecule has 1 N–H and O–H groups in total. The minimum atomic E-state index is -0.417. The number of esters is 1. The highest BCUT2D eigenvalue weighted by Gasteiger charge is 2.07. The van der Waals surface area contributed by atoms with Gasteiger partial charge in [0.05, 0.1) is 12.7 Å². The maximum absolute atomic E-state index is 11.9. The summed E-state index contributed by atoms with van der Waals surface area (Å²) < 4.78 is 4.66. The molecule has 0 saturated carbocycles. The third-order valence-corrected chi connectivity index (χ3v) is 4.18. The Morgan fingerprint density at radius 1 is 1.09 bits per heavy atom. The Kier molecular flexibility index (Phi) is 6.69. The molecule has 1 amide bonds. The van der Waals surface area contributed by atoms with Crippen molar-refractivity contribution in [2.24, 2.45) is 0 Å². The third kappa shape index (κ3) is 5.79. The zero-order chi connectivity index (χ0) is 16.5. The fourth-order valence-electron chi connectivity index (χ4n) is 1.99. The molecule has 0 aromatic heterocycles. The van der Waals surface area contributed by atoms with E-state index >= 15 is 0 Å². The minimum absolute atomic E-state index is 0.0624. The Morgan fingerprint density at radius 2 is 1.87 bits per heavy atom. The first-order chi connectivity index (χ1) is 11.2. The maximum Gasteiger partial charge on any atom is 0.337 e. The van der Waals surface area contributed by atoms with E-state index < -0.39 is 5.97 Å². The molecule has 0 bridgehead atoms. The Labute approximate surface area is 140 Å². The van der Waals surface area contributed by atoms with Crippen molar-refractivity contribution >= 4 is 29.3 Å². The zero-order valence-electron chi connectivity index (χ0n) is 13.0. The van der Waals surface area contributed by atoms with E-state index in [-0.39, 0.29) is 5.91 Å². The van der Waals surface area contributed by atoms with E-state index in [9.17, 15) is 9.59 Å². The number of benzene rings is 2. The van der Waals surface area contributed by atoms with Gasteiger partial charge in [0.1, 0.15) is 0 Å². The lowest BCUT2D eigenvalue weighted by molar-refractivity contribution is -0.115. The quantitative estimate of drug-likeness (QED) is 0.621. The van der Waals surface area contributed by atoms with Crippen LogP contribution in [0.1, 0.15) is 22.3 Å². The summed E-state index contributed by atoms with van der Waals surface area (Å²) in [7, 11) is 1.33. The van der Waals surface area contributed by atoms with Crippen LogP contribution in [0, 0.1) is 0 Å². The number of hydrogen-bond acceptors (Lipinski definition) is 4. The summed E-state index contributed by atoms with van der Waals surface area (Å²) in [6.07, 6.45) is 0.431. The third-order valence-electron chi connectivity index (χ3n) is 3.15. The molecule has 120 valence electrons.